The Labute approximate surface area is 186 Å². The monoisotopic (exact) mass is 457 g/mol. The second-order valence-electron chi connectivity index (χ2n) is 6.96. The van der Waals surface area contributed by atoms with Crippen LogP contribution in [-0.4, -0.2) is 28.3 Å². The fraction of sp³-hybridized carbons (Fsp3) is 0.130. The molecule has 0 fully saturated rings. The van der Waals surface area contributed by atoms with Gasteiger partial charge in [-0.1, -0.05) is 0 Å². The predicted octanol–water partition coefficient (Wildman–Crippen LogP) is 6.11. The predicted molar refractivity (Wildman–Crippen MR) is 119 cm³/mol. The van der Waals surface area contributed by atoms with Gasteiger partial charge in [-0.25, -0.2) is 0 Å². The van der Waals surface area contributed by atoms with Crippen molar-refractivity contribution in [3.63, 3.8) is 0 Å². The fourth-order valence-corrected chi connectivity index (χ4v) is 3.71. The third-order valence-electron chi connectivity index (χ3n) is 4.82. The number of anilines is 1. The highest BCUT2D eigenvalue weighted by molar-refractivity contribution is 7.98. The molecule has 0 atom stereocenters. The molecule has 0 aliphatic heterocycles. The van der Waals surface area contributed by atoms with Crippen molar-refractivity contribution in [2.75, 3.05) is 11.6 Å². The second-order valence-corrected chi connectivity index (χ2v) is 7.84. The van der Waals surface area contributed by atoms with Crippen LogP contribution >= 0.6 is 11.8 Å². The van der Waals surface area contributed by atoms with Crippen LogP contribution in [0.4, 0.5) is 18.9 Å². The van der Waals surface area contributed by atoms with E-state index in [4.69, 9.17) is 0 Å². The van der Waals surface area contributed by atoms with Gasteiger partial charge in [0.15, 0.2) is 0 Å². The lowest BCUT2D eigenvalue weighted by atomic mass is 10.1. The second kappa shape index (κ2) is 8.58. The summed E-state index contributed by atoms with van der Waals surface area (Å²) in [6.07, 6.45) is -2.76. The lowest BCUT2D eigenvalue weighted by Gasteiger charge is -2.09. The molecule has 0 aliphatic rings. The number of nitrogens with zero attached hydrogens (tertiary/aromatic N) is 2. The molecule has 5 nitrogen and oxygen atoms in total. The molecule has 0 saturated heterocycles. The van der Waals surface area contributed by atoms with Crippen molar-refractivity contribution in [2.24, 2.45) is 7.05 Å². The third-order valence-corrected chi connectivity index (χ3v) is 5.57. The van der Waals surface area contributed by atoms with Gasteiger partial charge in [-0.05, 0) is 73.0 Å². The minimum Gasteiger partial charge on any atom is -0.406 e. The van der Waals surface area contributed by atoms with Gasteiger partial charge in [-0.2, -0.15) is 5.10 Å². The Morgan fingerprint density at radius 2 is 1.72 bits per heavy atom. The van der Waals surface area contributed by atoms with Gasteiger partial charge in [0.1, 0.15) is 11.4 Å². The van der Waals surface area contributed by atoms with Crippen LogP contribution in [0.3, 0.4) is 0 Å². The number of fused-ring (bicyclic) bond motifs is 1. The Kier molecular flexibility index (Phi) is 5.84. The van der Waals surface area contributed by atoms with Crippen LogP contribution in [0.1, 0.15) is 10.4 Å². The summed E-state index contributed by atoms with van der Waals surface area (Å²) in [4.78, 5) is 13.8. The minimum absolute atomic E-state index is 0.250. The van der Waals surface area contributed by atoms with Gasteiger partial charge in [-0.15, -0.1) is 24.9 Å². The zero-order chi connectivity index (χ0) is 22.9. The first kappa shape index (κ1) is 21.8. The number of nitrogens with one attached hydrogen (secondary N) is 1. The third kappa shape index (κ3) is 4.72. The number of rotatable bonds is 5. The number of carbonyl (C=O) groups excluding carboxylic acids is 1. The van der Waals surface area contributed by atoms with Gasteiger partial charge in [0, 0.05) is 34.1 Å². The van der Waals surface area contributed by atoms with E-state index in [2.05, 4.69) is 15.2 Å². The number of halogens is 3. The largest absolute Gasteiger partial charge is 0.573 e. The van der Waals surface area contributed by atoms with E-state index >= 15 is 0 Å². The summed E-state index contributed by atoms with van der Waals surface area (Å²) in [6, 6.07) is 18.3. The molecule has 4 rings (SSSR count). The van der Waals surface area contributed by atoms with Gasteiger partial charge in [0.2, 0.25) is 0 Å². The van der Waals surface area contributed by atoms with E-state index < -0.39 is 6.36 Å². The van der Waals surface area contributed by atoms with Gasteiger partial charge < -0.3 is 10.1 Å². The standard InChI is InChI=1S/C23H18F3N3O2S/c1-29-20-13-15(22(30)27-16-6-10-18(32-2)11-7-16)5-12-19(20)21(28-29)14-3-8-17(9-4-14)31-23(24,25)26/h3-13H,1-2H3,(H,27,30). The molecular weight excluding hydrogens is 439 g/mol. The maximum absolute atomic E-state index is 12.7. The first-order chi connectivity index (χ1) is 15.2. The van der Waals surface area contributed by atoms with E-state index in [1.807, 2.05) is 30.5 Å². The Balaban J connectivity index is 1.59. The van der Waals surface area contributed by atoms with Crippen LogP contribution in [0.25, 0.3) is 22.2 Å². The Bertz CT molecular complexity index is 1270. The molecule has 0 saturated carbocycles. The van der Waals surface area contributed by atoms with Crippen molar-refractivity contribution < 1.29 is 22.7 Å². The average Bonchev–Trinajstić information content (AvgIpc) is 3.09. The minimum atomic E-state index is -4.74. The summed E-state index contributed by atoms with van der Waals surface area (Å²) in [5.41, 5.74) is 3.12. The quantitative estimate of drug-likeness (QED) is 0.367. The van der Waals surface area contributed by atoms with Crippen LogP contribution in [0.15, 0.2) is 71.6 Å². The summed E-state index contributed by atoms with van der Waals surface area (Å²) in [7, 11) is 1.75. The number of carbonyl (C=O) groups is 1. The first-order valence-electron chi connectivity index (χ1n) is 9.52. The lowest BCUT2D eigenvalue weighted by Crippen LogP contribution is -2.16. The molecule has 0 aliphatic carbocycles. The number of thioether (sulfide) groups is 1. The molecule has 0 radical (unpaired) electrons. The molecule has 32 heavy (non-hydrogen) atoms. The molecule has 0 spiro atoms. The van der Waals surface area contributed by atoms with Crippen molar-refractivity contribution in [1.82, 2.24) is 9.78 Å². The van der Waals surface area contributed by atoms with E-state index in [1.165, 1.54) is 24.3 Å². The maximum Gasteiger partial charge on any atom is 0.573 e. The number of aromatic nitrogens is 2. The highest BCUT2D eigenvalue weighted by Gasteiger charge is 2.31. The van der Waals surface area contributed by atoms with Crippen molar-refractivity contribution >= 4 is 34.3 Å². The van der Waals surface area contributed by atoms with Gasteiger partial charge >= 0.3 is 6.36 Å². The Hall–Kier alpha value is -3.46. The molecule has 1 heterocycles. The Morgan fingerprint density at radius 3 is 2.34 bits per heavy atom. The number of benzene rings is 3. The van der Waals surface area contributed by atoms with Crippen LogP contribution in [0.5, 0.6) is 5.75 Å². The van der Waals surface area contributed by atoms with Crippen LogP contribution in [0, 0.1) is 0 Å². The summed E-state index contributed by atoms with van der Waals surface area (Å²) < 4.78 is 42.7. The van der Waals surface area contributed by atoms with E-state index in [9.17, 15) is 18.0 Å². The molecule has 9 heteroatoms. The molecule has 0 unspecified atom stereocenters. The SMILES string of the molecule is CSc1ccc(NC(=O)c2ccc3c(-c4ccc(OC(F)(F)F)cc4)nn(C)c3c2)cc1. The summed E-state index contributed by atoms with van der Waals surface area (Å²) in [6.45, 7) is 0. The smallest absolute Gasteiger partial charge is 0.406 e. The molecule has 1 N–H and O–H groups in total. The van der Waals surface area contributed by atoms with E-state index in [1.54, 1.807) is 41.7 Å². The van der Waals surface area contributed by atoms with Crippen molar-refractivity contribution in [3.05, 3.63) is 72.3 Å². The number of alkyl halides is 3. The van der Waals surface area contributed by atoms with E-state index in [0.717, 1.165) is 15.8 Å². The lowest BCUT2D eigenvalue weighted by molar-refractivity contribution is -0.274. The highest BCUT2D eigenvalue weighted by atomic mass is 32.2. The first-order valence-corrected chi connectivity index (χ1v) is 10.7. The number of hydrogen-bond acceptors (Lipinski definition) is 4. The van der Waals surface area contributed by atoms with Crippen LogP contribution in [-0.2, 0) is 7.05 Å². The number of aryl methyl sites for hydroxylation is 1. The van der Waals surface area contributed by atoms with Crippen molar-refractivity contribution in [1.29, 1.82) is 0 Å². The fourth-order valence-electron chi connectivity index (χ4n) is 3.30. The molecule has 1 aromatic heterocycles. The van der Waals surface area contributed by atoms with Crippen LogP contribution in [0.2, 0.25) is 0 Å². The number of hydrogen-bond donors (Lipinski definition) is 1. The van der Waals surface area contributed by atoms with Crippen molar-refractivity contribution in [3.8, 4) is 17.0 Å². The average molecular weight is 457 g/mol. The Morgan fingerprint density at radius 1 is 1.03 bits per heavy atom. The molecule has 4 aromatic rings. The van der Waals surface area contributed by atoms with Gasteiger partial charge in [-0.3, -0.25) is 9.48 Å². The molecule has 0 bridgehead atoms. The highest BCUT2D eigenvalue weighted by Crippen LogP contribution is 2.31. The normalized spacial score (nSPS) is 11.5. The van der Waals surface area contributed by atoms with Gasteiger partial charge in [0.25, 0.3) is 5.91 Å². The number of ether oxygens (including phenoxy) is 1. The van der Waals surface area contributed by atoms with Crippen molar-refractivity contribution in [2.45, 2.75) is 11.3 Å². The summed E-state index contributed by atoms with van der Waals surface area (Å²) in [5, 5.41) is 8.14. The van der Waals surface area contributed by atoms with Crippen LogP contribution < -0.4 is 10.1 Å². The van der Waals surface area contributed by atoms with E-state index in [-0.39, 0.29) is 11.7 Å². The zero-order valence-electron chi connectivity index (χ0n) is 17.1. The molecule has 164 valence electrons. The topological polar surface area (TPSA) is 56.1 Å². The zero-order valence-corrected chi connectivity index (χ0v) is 17.9. The van der Waals surface area contributed by atoms with Gasteiger partial charge in [0.05, 0.1) is 5.52 Å². The molecular formula is C23H18F3N3O2S. The van der Waals surface area contributed by atoms with E-state index in [0.29, 0.717) is 22.5 Å². The maximum atomic E-state index is 12.7. The summed E-state index contributed by atoms with van der Waals surface area (Å²) in [5.74, 6) is -0.550. The molecule has 1 amide bonds. The summed E-state index contributed by atoms with van der Waals surface area (Å²) >= 11 is 1.62. The molecule has 3 aromatic carbocycles. The number of amides is 1.